The van der Waals surface area contributed by atoms with Gasteiger partial charge in [-0.1, -0.05) is 25.6 Å². The zero-order chi connectivity index (χ0) is 11.7. The van der Waals surface area contributed by atoms with Gasteiger partial charge < -0.3 is 10.3 Å². The Morgan fingerprint density at radius 2 is 2.25 bits per heavy atom. The van der Waals surface area contributed by atoms with Crippen molar-refractivity contribution in [2.45, 2.75) is 43.8 Å². The summed E-state index contributed by atoms with van der Waals surface area (Å²) in [6, 6.07) is 0.530. The standard InChI is InChI=1S/C10H16N4OS/c1-6(2)9-12-13-10(16-5-8(11)15)14(9)7-3-4-7/h6-7H,3-5H2,1-2H3,(H2,11,15). The first kappa shape index (κ1) is 11.4. The van der Waals surface area contributed by atoms with E-state index in [2.05, 4.69) is 28.6 Å². The van der Waals surface area contributed by atoms with Gasteiger partial charge in [0.2, 0.25) is 5.91 Å². The molecule has 1 aliphatic carbocycles. The Bertz CT molecular complexity index is 398. The van der Waals surface area contributed by atoms with Crippen molar-refractivity contribution in [3.8, 4) is 0 Å². The van der Waals surface area contributed by atoms with Crippen LogP contribution in [0.3, 0.4) is 0 Å². The van der Waals surface area contributed by atoms with Gasteiger partial charge in [0.05, 0.1) is 5.75 Å². The lowest BCUT2D eigenvalue weighted by atomic mass is 10.2. The first-order valence-electron chi connectivity index (χ1n) is 5.45. The van der Waals surface area contributed by atoms with Gasteiger partial charge in [-0.15, -0.1) is 10.2 Å². The molecule has 2 rings (SSSR count). The third-order valence-electron chi connectivity index (χ3n) is 2.46. The molecule has 0 aliphatic heterocycles. The predicted molar refractivity (Wildman–Crippen MR) is 62.3 cm³/mol. The summed E-state index contributed by atoms with van der Waals surface area (Å²) in [4.78, 5) is 10.8. The van der Waals surface area contributed by atoms with E-state index in [1.54, 1.807) is 0 Å². The molecule has 0 radical (unpaired) electrons. The number of hydrogen-bond donors (Lipinski definition) is 1. The number of nitrogens with zero attached hydrogens (tertiary/aromatic N) is 3. The molecule has 1 aromatic rings. The van der Waals surface area contributed by atoms with Gasteiger partial charge in [0.15, 0.2) is 5.16 Å². The van der Waals surface area contributed by atoms with Crippen molar-refractivity contribution in [3.63, 3.8) is 0 Å². The van der Waals surface area contributed by atoms with E-state index in [0.717, 1.165) is 11.0 Å². The summed E-state index contributed by atoms with van der Waals surface area (Å²) in [6.45, 7) is 4.21. The fourth-order valence-corrected chi connectivity index (χ4v) is 2.34. The highest BCUT2D eigenvalue weighted by Crippen LogP contribution is 2.39. The van der Waals surface area contributed by atoms with Gasteiger partial charge in [-0.05, 0) is 12.8 Å². The molecular weight excluding hydrogens is 224 g/mol. The van der Waals surface area contributed by atoms with Gasteiger partial charge in [0.25, 0.3) is 0 Å². The number of primary amides is 1. The molecule has 1 fully saturated rings. The average molecular weight is 240 g/mol. The van der Waals surface area contributed by atoms with Crippen LogP contribution < -0.4 is 5.73 Å². The van der Waals surface area contributed by atoms with E-state index in [9.17, 15) is 4.79 Å². The molecule has 1 saturated carbocycles. The molecule has 0 unspecified atom stereocenters. The van der Waals surface area contributed by atoms with Crippen molar-refractivity contribution in [2.24, 2.45) is 5.73 Å². The Balaban J connectivity index is 2.20. The summed E-state index contributed by atoms with van der Waals surface area (Å²) in [5.41, 5.74) is 5.13. The van der Waals surface area contributed by atoms with Gasteiger partial charge in [-0.25, -0.2) is 0 Å². The second-order valence-electron chi connectivity index (χ2n) is 4.35. The van der Waals surface area contributed by atoms with Crippen LogP contribution in [0.5, 0.6) is 0 Å². The van der Waals surface area contributed by atoms with Crippen LogP contribution in [0.25, 0.3) is 0 Å². The summed E-state index contributed by atoms with van der Waals surface area (Å²) in [5.74, 6) is 1.31. The maximum absolute atomic E-state index is 10.8. The van der Waals surface area contributed by atoms with Crippen molar-refractivity contribution in [3.05, 3.63) is 5.82 Å². The SMILES string of the molecule is CC(C)c1nnc(SCC(N)=O)n1C1CC1. The largest absolute Gasteiger partial charge is 0.369 e. The minimum atomic E-state index is -0.318. The number of carbonyl (C=O) groups excluding carboxylic acids is 1. The van der Waals surface area contributed by atoms with Crippen LogP contribution in [-0.2, 0) is 4.79 Å². The van der Waals surface area contributed by atoms with E-state index in [0.29, 0.717) is 12.0 Å². The molecule has 88 valence electrons. The van der Waals surface area contributed by atoms with Crippen molar-refractivity contribution in [1.82, 2.24) is 14.8 Å². The minimum Gasteiger partial charge on any atom is -0.369 e. The lowest BCUT2D eigenvalue weighted by molar-refractivity contribution is -0.115. The number of rotatable bonds is 5. The monoisotopic (exact) mass is 240 g/mol. The summed E-state index contributed by atoms with van der Waals surface area (Å²) in [6.07, 6.45) is 2.36. The van der Waals surface area contributed by atoms with Crippen LogP contribution in [-0.4, -0.2) is 26.4 Å². The maximum Gasteiger partial charge on any atom is 0.227 e. The third-order valence-corrected chi connectivity index (χ3v) is 3.43. The first-order valence-corrected chi connectivity index (χ1v) is 6.44. The van der Waals surface area contributed by atoms with Gasteiger partial charge >= 0.3 is 0 Å². The normalized spacial score (nSPS) is 15.7. The zero-order valence-corrected chi connectivity index (χ0v) is 10.3. The van der Waals surface area contributed by atoms with Gasteiger partial charge in [-0.3, -0.25) is 4.79 Å². The van der Waals surface area contributed by atoms with Crippen molar-refractivity contribution >= 4 is 17.7 Å². The molecule has 0 atom stereocenters. The van der Waals surface area contributed by atoms with E-state index in [1.807, 2.05) is 0 Å². The second kappa shape index (κ2) is 4.45. The fourth-order valence-electron chi connectivity index (χ4n) is 1.59. The molecule has 6 heteroatoms. The highest BCUT2D eigenvalue weighted by atomic mass is 32.2. The average Bonchev–Trinajstić information content (AvgIpc) is 2.95. The molecule has 1 aromatic heterocycles. The topological polar surface area (TPSA) is 73.8 Å². The summed E-state index contributed by atoms with van der Waals surface area (Å²) in [5, 5.41) is 9.16. The van der Waals surface area contributed by atoms with Crippen LogP contribution in [0.2, 0.25) is 0 Å². The predicted octanol–water partition coefficient (Wildman–Crippen LogP) is 1.31. The highest BCUT2D eigenvalue weighted by molar-refractivity contribution is 7.99. The molecule has 16 heavy (non-hydrogen) atoms. The number of carbonyl (C=O) groups is 1. The molecule has 0 spiro atoms. The summed E-state index contributed by atoms with van der Waals surface area (Å²) in [7, 11) is 0. The van der Waals surface area contributed by atoms with Gasteiger partial charge in [0.1, 0.15) is 5.82 Å². The number of hydrogen-bond acceptors (Lipinski definition) is 4. The molecule has 0 saturated heterocycles. The highest BCUT2D eigenvalue weighted by Gasteiger charge is 2.30. The number of thioether (sulfide) groups is 1. The molecule has 2 N–H and O–H groups in total. The lowest BCUT2D eigenvalue weighted by Crippen LogP contribution is -2.14. The molecule has 0 bridgehead atoms. The van der Waals surface area contributed by atoms with E-state index in [1.165, 1.54) is 24.6 Å². The Morgan fingerprint density at radius 3 is 2.75 bits per heavy atom. The molecular formula is C10H16N4OS. The summed E-state index contributed by atoms with van der Waals surface area (Å²) >= 11 is 1.38. The molecule has 1 heterocycles. The smallest absolute Gasteiger partial charge is 0.227 e. The van der Waals surface area contributed by atoms with Crippen LogP contribution in [0.15, 0.2) is 5.16 Å². The van der Waals surface area contributed by atoms with Crippen LogP contribution in [0.1, 0.15) is 44.5 Å². The fraction of sp³-hybridized carbons (Fsp3) is 0.700. The van der Waals surface area contributed by atoms with Crippen molar-refractivity contribution < 1.29 is 4.79 Å². The second-order valence-corrected chi connectivity index (χ2v) is 5.29. The van der Waals surface area contributed by atoms with Crippen molar-refractivity contribution in [1.29, 1.82) is 0 Å². The van der Waals surface area contributed by atoms with E-state index in [-0.39, 0.29) is 11.7 Å². The Morgan fingerprint density at radius 1 is 1.56 bits per heavy atom. The van der Waals surface area contributed by atoms with E-state index >= 15 is 0 Å². The van der Waals surface area contributed by atoms with Crippen LogP contribution >= 0.6 is 11.8 Å². The number of amides is 1. The lowest BCUT2D eigenvalue weighted by Gasteiger charge is -2.09. The molecule has 1 amide bonds. The first-order chi connectivity index (χ1) is 7.59. The minimum absolute atomic E-state index is 0.267. The quantitative estimate of drug-likeness (QED) is 0.788. The van der Waals surface area contributed by atoms with Gasteiger partial charge in [-0.2, -0.15) is 0 Å². The molecule has 1 aliphatic rings. The van der Waals surface area contributed by atoms with Crippen LogP contribution in [0.4, 0.5) is 0 Å². The Labute approximate surface area is 98.8 Å². The Hall–Kier alpha value is -1.04. The van der Waals surface area contributed by atoms with Gasteiger partial charge in [0, 0.05) is 12.0 Å². The third kappa shape index (κ3) is 2.37. The maximum atomic E-state index is 10.8. The van der Waals surface area contributed by atoms with E-state index in [4.69, 9.17) is 5.73 Å². The van der Waals surface area contributed by atoms with E-state index < -0.39 is 0 Å². The summed E-state index contributed by atoms with van der Waals surface area (Å²) < 4.78 is 2.16. The number of nitrogens with two attached hydrogens (primary N) is 1. The Kier molecular flexibility index (Phi) is 3.18. The zero-order valence-electron chi connectivity index (χ0n) is 9.51. The molecule has 5 nitrogen and oxygen atoms in total. The number of aromatic nitrogens is 3. The molecule has 0 aromatic carbocycles. The van der Waals surface area contributed by atoms with Crippen LogP contribution in [0, 0.1) is 0 Å². The van der Waals surface area contributed by atoms with Crippen molar-refractivity contribution in [2.75, 3.05) is 5.75 Å².